The van der Waals surface area contributed by atoms with E-state index in [1.807, 2.05) is 0 Å². The number of rotatable bonds is 10. The number of thioether (sulfide) groups is 1. The predicted octanol–water partition coefficient (Wildman–Crippen LogP) is -1.95. The molecule has 2 aliphatic heterocycles. The molecule has 3 atom stereocenters. The Morgan fingerprint density at radius 3 is 2.64 bits per heavy atom. The molecule has 2 aliphatic rings. The molecule has 17 nitrogen and oxygen atoms in total. The Morgan fingerprint density at radius 1 is 1.25 bits per heavy atom. The number of nitrogens with zero attached hydrogens (tertiary/aromatic N) is 5. The van der Waals surface area contributed by atoms with Crippen molar-refractivity contribution in [3.8, 4) is 11.5 Å². The first kappa shape index (κ1) is 30.0. The molecule has 228 valence electrons. The monoisotopic (exact) mass is 642 g/mol. The number of carbonyl (C=O) groups is 4. The largest absolute Gasteiger partial charge is 0.543 e. The number of anilines is 2. The number of phenols is 2. The van der Waals surface area contributed by atoms with Crippen molar-refractivity contribution >= 4 is 63.5 Å². The summed E-state index contributed by atoms with van der Waals surface area (Å²) >= 11 is 2.16. The number of β-lactam (4-membered cyclic amide) rings is 1. The van der Waals surface area contributed by atoms with Crippen molar-refractivity contribution in [3.63, 3.8) is 0 Å². The summed E-state index contributed by atoms with van der Waals surface area (Å²) < 4.78 is 1.59. The number of amides is 2. The summed E-state index contributed by atoms with van der Waals surface area (Å²) in [7, 11) is 0. The summed E-state index contributed by atoms with van der Waals surface area (Å²) in [6, 6.07) is 3.52. The lowest BCUT2D eigenvalue weighted by molar-refractivity contribution is -0.691. The van der Waals surface area contributed by atoms with Crippen molar-refractivity contribution in [1.29, 1.82) is 0 Å². The van der Waals surface area contributed by atoms with Gasteiger partial charge in [0.2, 0.25) is 11.9 Å². The molecule has 2 amide bonds. The average molecular weight is 643 g/mol. The van der Waals surface area contributed by atoms with E-state index in [-0.39, 0.29) is 40.2 Å². The molecule has 0 radical (unpaired) electrons. The number of phenolic OH excluding ortho intramolecular Hbond substituents is 2. The molecule has 4 heterocycles. The first-order valence-corrected chi connectivity index (χ1v) is 14.4. The zero-order chi connectivity index (χ0) is 31.7. The van der Waals surface area contributed by atoms with Crippen LogP contribution in [0.1, 0.15) is 17.4 Å². The first-order chi connectivity index (χ1) is 20.9. The van der Waals surface area contributed by atoms with Crippen LogP contribution in [-0.4, -0.2) is 76.8 Å². The van der Waals surface area contributed by atoms with E-state index in [1.165, 1.54) is 35.6 Å². The summed E-state index contributed by atoms with van der Waals surface area (Å²) in [5.74, 6) is -5.46. The molecule has 0 saturated carbocycles. The molecule has 44 heavy (non-hydrogen) atoms. The van der Waals surface area contributed by atoms with E-state index in [2.05, 4.69) is 20.4 Å². The second-order valence-electron chi connectivity index (χ2n) is 9.34. The first-order valence-electron chi connectivity index (χ1n) is 12.4. The number of carboxylic acid groups (broad SMARTS) is 2. The Hall–Kier alpha value is -5.43. The number of carbonyl (C=O) groups excluding carboxylic acids is 3. The molecule has 0 bridgehead atoms. The number of aromatic nitrogens is 3. The fraction of sp³-hybridized carbons (Fsp3) is 0.200. The zero-order valence-electron chi connectivity index (χ0n) is 22.2. The summed E-state index contributed by atoms with van der Waals surface area (Å²) in [6.07, 6.45) is 1.20. The lowest BCUT2D eigenvalue weighted by Gasteiger charge is -2.50. The van der Waals surface area contributed by atoms with E-state index in [9.17, 15) is 39.6 Å². The topological polar surface area (TPSA) is 271 Å². The molecule has 1 fully saturated rings. The smallest absolute Gasteiger partial charge is 0.352 e. The fourth-order valence-corrected chi connectivity index (χ4v) is 6.25. The van der Waals surface area contributed by atoms with Crippen LogP contribution in [0.15, 0.2) is 58.6 Å². The molecule has 0 aliphatic carbocycles. The molecule has 19 heteroatoms. The van der Waals surface area contributed by atoms with E-state index in [0.717, 1.165) is 28.4 Å². The van der Waals surface area contributed by atoms with E-state index < -0.39 is 58.5 Å². The van der Waals surface area contributed by atoms with Gasteiger partial charge in [0.15, 0.2) is 22.3 Å². The van der Waals surface area contributed by atoms with Crippen LogP contribution in [0.5, 0.6) is 11.5 Å². The van der Waals surface area contributed by atoms with Crippen LogP contribution in [0.4, 0.5) is 10.9 Å². The van der Waals surface area contributed by atoms with Crippen molar-refractivity contribution < 1.29 is 49.0 Å². The number of hydrogen-bond donors (Lipinski definition) is 6. The van der Waals surface area contributed by atoms with Crippen molar-refractivity contribution in [3.05, 3.63) is 64.7 Å². The van der Waals surface area contributed by atoms with Gasteiger partial charge < -0.3 is 46.8 Å². The van der Waals surface area contributed by atoms with Gasteiger partial charge in [0.25, 0.3) is 18.1 Å². The highest BCUT2D eigenvalue weighted by Gasteiger charge is 2.53. The van der Waals surface area contributed by atoms with Gasteiger partial charge in [-0.05, 0) is 17.1 Å². The molecule has 0 unspecified atom stereocenters. The van der Waals surface area contributed by atoms with Crippen LogP contribution in [0, 0.1) is 0 Å². The van der Waals surface area contributed by atoms with Gasteiger partial charge in [-0.3, -0.25) is 14.5 Å². The third-order valence-corrected chi connectivity index (χ3v) is 8.46. The van der Waals surface area contributed by atoms with E-state index in [4.69, 9.17) is 16.3 Å². The van der Waals surface area contributed by atoms with Crippen molar-refractivity contribution in [2.24, 2.45) is 5.16 Å². The Balaban J connectivity index is 1.37. The zero-order valence-corrected chi connectivity index (χ0v) is 23.8. The summed E-state index contributed by atoms with van der Waals surface area (Å²) in [6.45, 7) is 0.0973. The van der Waals surface area contributed by atoms with Crippen LogP contribution in [0.25, 0.3) is 0 Å². The molecular formula is C25H22N8O9S2. The number of hydrogen-bond acceptors (Lipinski definition) is 15. The second kappa shape index (κ2) is 12.1. The minimum atomic E-state index is -1.82. The van der Waals surface area contributed by atoms with E-state index in [1.54, 1.807) is 10.8 Å². The predicted molar refractivity (Wildman–Crippen MR) is 150 cm³/mol. The number of benzene rings is 1. The van der Waals surface area contributed by atoms with Crippen LogP contribution >= 0.6 is 23.1 Å². The number of nitrogens with two attached hydrogens (primary N) is 2. The quantitative estimate of drug-likeness (QED) is 0.0461. The normalized spacial score (nSPS) is 18.7. The second-order valence-corrected chi connectivity index (χ2v) is 11.3. The average Bonchev–Trinajstić information content (AvgIpc) is 3.41. The molecule has 3 aromatic rings. The van der Waals surface area contributed by atoms with E-state index in [0.29, 0.717) is 5.57 Å². The van der Waals surface area contributed by atoms with Gasteiger partial charge in [0, 0.05) is 28.3 Å². The number of aromatic hydroxyl groups is 2. The highest BCUT2D eigenvalue weighted by atomic mass is 32.2. The van der Waals surface area contributed by atoms with Gasteiger partial charge in [-0.25, -0.2) is 14.3 Å². The number of nitrogen functional groups attached to an aromatic ring is 2. The number of nitrogens with one attached hydrogen (secondary N) is 1. The molecular weight excluding hydrogens is 620 g/mol. The summed E-state index contributed by atoms with van der Waals surface area (Å²) in [4.78, 5) is 64.7. The van der Waals surface area contributed by atoms with Crippen LogP contribution in [-0.2, 0) is 30.6 Å². The summed E-state index contributed by atoms with van der Waals surface area (Å²) in [5.41, 5.74) is 10.6. The maximum Gasteiger partial charge on any atom is 0.352 e. The fourth-order valence-electron chi connectivity index (χ4n) is 4.37. The van der Waals surface area contributed by atoms with Crippen molar-refractivity contribution in [2.45, 2.75) is 24.1 Å². The van der Waals surface area contributed by atoms with Crippen LogP contribution < -0.4 is 26.5 Å². The van der Waals surface area contributed by atoms with Crippen molar-refractivity contribution in [2.75, 3.05) is 17.2 Å². The SMILES string of the molecule is Nc1cc[n+](CC2=C(C(=O)[O-])N3C(=O)[C@@H](NC(=O)/C(=N\O[C@@H](C(=O)O)c4ccc(O)c(O)c4)c4csc(N)n4)[C@H]3SC2)cn1. The third kappa shape index (κ3) is 5.90. The van der Waals surface area contributed by atoms with Gasteiger partial charge in [-0.2, -0.15) is 0 Å². The highest BCUT2D eigenvalue weighted by Crippen LogP contribution is 2.40. The minimum Gasteiger partial charge on any atom is -0.543 e. The third-order valence-electron chi connectivity index (χ3n) is 6.45. The molecule has 1 saturated heterocycles. The lowest BCUT2D eigenvalue weighted by atomic mass is 10.0. The lowest BCUT2D eigenvalue weighted by Crippen LogP contribution is -2.71. The Kier molecular flexibility index (Phi) is 8.23. The molecule has 8 N–H and O–H groups in total. The van der Waals surface area contributed by atoms with Gasteiger partial charge in [0.05, 0.1) is 17.9 Å². The molecule has 5 rings (SSSR count). The number of fused-ring (bicyclic) bond motifs is 1. The maximum absolute atomic E-state index is 13.4. The molecule has 2 aromatic heterocycles. The van der Waals surface area contributed by atoms with Crippen LogP contribution in [0.2, 0.25) is 0 Å². The van der Waals surface area contributed by atoms with E-state index >= 15 is 0 Å². The molecule has 0 spiro atoms. The minimum absolute atomic E-state index is 0.0536. The highest BCUT2D eigenvalue weighted by molar-refractivity contribution is 8.00. The number of aliphatic carboxylic acids is 2. The Bertz CT molecular complexity index is 1730. The van der Waals surface area contributed by atoms with Crippen molar-refractivity contribution in [1.82, 2.24) is 20.2 Å². The Morgan fingerprint density at radius 2 is 2.02 bits per heavy atom. The summed E-state index contributed by atoms with van der Waals surface area (Å²) in [5, 5.41) is 47.9. The Labute approximate surface area is 255 Å². The van der Waals surface area contributed by atoms with Gasteiger partial charge >= 0.3 is 5.97 Å². The van der Waals surface area contributed by atoms with Gasteiger partial charge in [-0.15, -0.1) is 23.1 Å². The molecule has 1 aromatic carbocycles. The van der Waals surface area contributed by atoms with Gasteiger partial charge in [0.1, 0.15) is 23.7 Å². The number of carboxylic acids is 2. The number of oxime groups is 1. The maximum atomic E-state index is 13.4. The van der Waals surface area contributed by atoms with Gasteiger partial charge in [-0.1, -0.05) is 11.2 Å². The van der Waals surface area contributed by atoms with Crippen LogP contribution in [0.3, 0.4) is 0 Å². The number of thiazole rings is 1. The standard InChI is InChI=1S/C25H22N8O9S2/c26-15-3-4-32(9-28-15)6-11-7-43-22-17(21(37)33(22)18(11)23(38)39)30-20(36)16(12-8-44-25(27)29-12)31-42-19(24(40)41)10-1-2-13(34)14(35)5-10/h1-5,8-9,17,19,22,26H,6-7H2,(H7,27,29,30,31,34,35,36,38,39,40,41)/t17-,19-,22-/m1/s1.